The molecule has 0 nitrogen and oxygen atoms in total. The largest absolute Gasteiger partial charge is 0.124 e. The van der Waals surface area contributed by atoms with Gasteiger partial charge in [-0.1, -0.05) is 218 Å². The highest BCUT2D eigenvalue weighted by atomic mass is 14.4. The van der Waals surface area contributed by atoms with Crippen molar-refractivity contribution in [2.75, 3.05) is 0 Å². The lowest BCUT2D eigenvalue weighted by atomic mass is 9.81. The maximum atomic E-state index is 4.00. The third-order valence-electron chi connectivity index (χ3n) is 11.6. The average Bonchev–Trinajstić information content (AvgIpc) is 3.53. The average molecular weight is 821 g/mol. The topological polar surface area (TPSA) is 0 Å². The van der Waals surface area contributed by atoms with Crippen molar-refractivity contribution in [3.63, 3.8) is 0 Å². The molecule has 0 heterocycles. The van der Waals surface area contributed by atoms with Gasteiger partial charge < -0.3 is 0 Å². The summed E-state index contributed by atoms with van der Waals surface area (Å²) in [4.78, 5) is 0. The first kappa shape index (κ1) is 47.1. The van der Waals surface area contributed by atoms with Gasteiger partial charge in [0.15, 0.2) is 0 Å². The summed E-state index contributed by atoms with van der Waals surface area (Å²) in [5.74, 6) is 0. The van der Waals surface area contributed by atoms with E-state index in [1.165, 1.54) is 99.8 Å². The molecule has 0 bridgehead atoms. The number of aryl methyl sites for hydroxylation is 5. The number of rotatable bonds is 4. The zero-order valence-electron chi connectivity index (χ0n) is 39.1. The molecule has 316 valence electrons. The van der Waals surface area contributed by atoms with Crippen LogP contribution in [0.2, 0.25) is 0 Å². The summed E-state index contributed by atoms with van der Waals surface area (Å²) in [5.41, 5.74) is 21.4. The van der Waals surface area contributed by atoms with Crippen molar-refractivity contribution in [1.29, 1.82) is 0 Å². The highest BCUT2D eigenvalue weighted by Crippen LogP contribution is 2.49. The van der Waals surface area contributed by atoms with Crippen LogP contribution >= 0.6 is 0 Å². The molecule has 0 saturated carbocycles. The summed E-state index contributed by atoms with van der Waals surface area (Å²) in [6, 6.07) is 63.4. The lowest BCUT2D eigenvalue weighted by Gasteiger charge is -2.22. The first-order valence-electron chi connectivity index (χ1n) is 22.0. The van der Waals surface area contributed by atoms with Gasteiger partial charge in [0.2, 0.25) is 0 Å². The molecular formula is C63H64. The van der Waals surface area contributed by atoms with Crippen LogP contribution in [0, 0.1) is 47.5 Å². The third-order valence-corrected chi connectivity index (χ3v) is 11.6. The van der Waals surface area contributed by atoms with Gasteiger partial charge in [-0.15, -0.1) is 12.8 Å². The minimum Gasteiger partial charge on any atom is -0.124 e. The van der Waals surface area contributed by atoms with E-state index in [2.05, 4.69) is 239 Å². The highest BCUT2D eigenvalue weighted by molar-refractivity contribution is 5.92. The van der Waals surface area contributed by atoms with Gasteiger partial charge in [0.05, 0.1) is 0 Å². The van der Waals surface area contributed by atoms with Crippen molar-refractivity contribution in [1.82, 2.24) is 0 Å². The summed E-state index contributed by atoms with van der Waals surface area (Å²) in [6.45, 7) is 21.6. The molecule has 0 unspecified atom stereocenters. The van der Waals surface area contributed by atoms with Crippen LogP contribution in [0.4, 0.5) is 0 Å². The predicted molar refractivity (Wildman–Crippen MR) is 279 cm³/mol. The smallest absolute Gasteiger partial charge is 0.0159 e. The van der Waals surface area contributed by atoms with Crippen LogP contribution < -0.4 is 0 Å². The summed E-state index contributed by atoms with van der Waals surface area (Å²) in [5, 5.41) is 2.64. The quantitative estimate of drug-likeness (QED) is 0.123. The molecule has 1 aliphatic carbocycles. The van der Waals surface area contributed by atoms with Crippen LogP contribution in [-0.2, 0) is 5.41 Å². The number of allylic oxidation sites excluding steroid dienone is 4. The summed E-state index contributed by atoms with van der Waals surface area (Å²) in [6.07, 6.45) is 14.1. The normalized spacial score (nSPS) is 11.5. The molecule has 1 aliphatic rings. The van der Waals surface area contributed by atoms with E-state index in [-0.39, 0.29) is 5.41 Å². The predicted octanol–water partition coefficient (Wildman–Crippen LogP) is 17.8. The van der Waals surface area contributed by atoms with E-state index in [0.717, 1.165) is 0 Å². The number of fused-ring (bicyclic) bond motifs is 4. The van der Waals surface area contributed by atoms with E-state index in [0.29, 0.717) is 0 Å². The first-order chi connectivity index (χ1) is 30.4. The lowest BCUT2D eigenvalue weighted by Crippen LogP contribution is -2.14. The van der Waals surface area contributed by atoms with Crippen LogP contribution in [-0.4, -0.2) is 0 Å². The van der Waals surface area contributed by atoms with Crippen LogP contribution in [0.5, 0.6) is 0 Å². The van der Waals surface area contributed by atoms with Crippen molar-refractivity contribution in [3.05, 3.63) is 239 Å². The first-order valence-corrected chi connectivity index (χ1v) is 22.0. The fourth-order valence-electron chi connectivity index (χ4n) is 8.01. The molecular weight excluding hydrogens is 757 g/mol. The molecule has 0 heteroatoms. The van der Waals surface area contributed by atoms with Crippen molar-refractivity contribution in [3.8, 4) is 57.4 Å². The zero-order chi connectivity index (χ0) is 45.5. The van der Waals surface area contributed by atoms with Crippen LogP contribution in [0.3, 0.4) is 0 Å². The minimum atomic E-state index is 0.0760. The molecule has 0 spiro atoms. The van der Waals surface area contributed by atoms with Gasteiger partial charge in [-0.25, -0.2) is 0 Å². The van der Waals surface area contributed by atoms with Gasteiger partial charge in [0.25, 0.3) is 0 Å². The van der Waals surface area contributed by atoms with Gasteiger partial charge in [0, 0.05) is 5.41 Å². The van der Waals surface area contributed by atoms with Gasteiger partial charge >= 0.3 is 0 Å². The Kier molecular flexibility index (Phi) is 16.6. The molecule has 0 amide bonds. The second-order valence-corrected chi connectivity index (χ2v) is 17.1. The number of benzene rings is 8. The van der Waals surface area contributed by atoms with E-state index in [9.17, 15) is 0 Å². The van der Waals surface area contributed by atoms with Gasteiger partial charge in [-0.2, -0.15) is 0 Å². The molecule has 9 rings (SSSR count). The van der Waals surface area contributed by atoms with E-state index in [1.54, 1.807) is 0 Å². The molecule has 0 radical (unpaired) electrons. The monoisotopic (exact) mass is 821 g/mol. The Bertz CT molecular complexity index is 2800. The molecule has 0 atom stereocenters. The Morgan fingerprint density at radius 1 is 0.444 bits per heavy atom. The molecule has 8 aromatic rings. The molecule has 0 aromatic heterocycles. The van der Waals surface area contributed by atoms with E-state index in [4.69, 9.17) is 0 Å². The maximum Gasteiger partial charge on any atom is 0.0159 e. The van der Waals surface area contributed by atoms with E-state index >= 15 is 0 Å². The Balaban J connectivity index is 0.000000178. The standard InChI is InChI=1S/C25H22.C22H20.C7H8.C7H12.C2H2/c1-17-8-11-20(12-9-17)22-13-10-18(2)25(16-22)24-15-14-21-6-4-5-7-23(21)19(24)3;1-15-8-10-16(11-9-15)17-12-13-19-18-6-4-5-7-20(18)22(2,3)21(19)14-17;1-7-5-3-2-4-6-7;1-4-5-6-7(2)3;1-2/h4-16H,1-3H3;4-14H,1-3H3;2-6H,1H3;4-6H,1-3H3;1-2H/b;;;5-4-;. The Labute approximate surface area is 379 Å². The van der Waals surface area contributed by atoms with Crippen LogP contribution in [0.1, 0.15) is 73.6 Å². The van der Waals surface area contributed by atoms with Crippen molar-refractivity contribution in [2.24, 2.45) is 0 Å². The Hall–Kier alpha value is -6.94. The fourth-order valence-corrected chi connectivity index (χ4v) is 8.01. The molecule has 0 aliphatic heterocycles. The third kappa shape index (κ3) is 11.9. The second kappa shape index (κ2) is 22.2. The van der Waals surface area contributed by atoms with Crippen LogP contribution in [0.25, 0.3) is 55.3 Å². The van der Waals surface area contributed by atoms with E-state index < -0.39 is 0 Å². The molecule has 63 heavy (non-hydrogen) atoms. The highest BCUT2D eigenvalue weighted by Gasteiger charge is 2.35. The maximum absolute atomic E-state index is 4.00. The molecule has 0 N–H and O–H groups in total. The fraction of sp³-hybridized carbons (Fsp3) is 0.175. The molecule has 8 aromatic carbocycles. The van der Waals surface area contributed by atoms with Gasteiger partial charge in [-0.3, -0.25) is 0 Å². The van der Waals surface area contributed by atoms with Crippen molar-refractivity contribution >= 4 is 10.8 Å². The SMILES string of the molecule is C#C.C/C=C\C=C(C)C.Cc1ccc(-c2ccc(C)c(-c3ccc4ccccc4c3C)c2)cc1.Cc1ccc(-c2ccc3c(c2)C(C)(C)c2ccccc2-3)cc1.Cc1ccccc1. The summed E-state index contributed by atoms with van der Waals surface area (Å²) >= 11 is 0. The van der Waals surface area contributed by atoms with E-state index in [1.807, 2.05) is 37.3 Å². The second-order valence-electron chi connectivity index (χ2n) is 17.1. The summed E-state index contributed by atoms with van der Waals surface area (Å²) < 4.78 is 0. The molecule has 0 saturated heterocycles. The number of terminal acetylenes is 1. The number of hydrogen-bond donors (Lipinski definition) is 0. The number of hydrogen-bond acceptors (Lipinski definition) is 0. The van der Waals surface area contributed by atoms with Crippen molar-refractivity contribution in [2.45, 2.75) is 74.7 Å². The lowest BCUT2D eigenvalue weighted by molar-refractivity contribution is 0.660. The Morgan fingerprint density at radius 3 is 1.51 bits per heavy atom. The Morgan fingerprint density at radius 2 is 0.937 bits per heavy atom. The van der Waals surface area contributed by atoms with Crippen LogP contribution in [0.15, 0.2) is 200 Å². The van der Waals surface area contributed by atoms with Gasteiger partial charge in [-0.05, 0) is 145 Å². The van der Waals surface area contributed by atoms with Gasteiger partial charge in [0.1, 0.15) is 0 Å². The summed E-state index contributed by atoms with van der Waals surface area (Å²) in [7, 11) is 0. The van der Waals surface area contributed by atoms with Crippen molar-refractivity contribution < 1.29 is 0 Å². The minimum absolute atomic E-state index is 0.0760. The zero-order valence-corrected chi connectivity index (χ0v) is 39.1. The molecule has 0 fully saturated rings.